The van der Waals surface area contributed by atoms with E-state index in [0.717, 1.165) is 70.8 Å². The van der Waals surface area contributed by atoms with Crippen molar-refractivity contribution >= 4 is 0 Å². The normalized spacial score (nSPS) is 41.0. The summed E-state index contributed by atoms with van der Waals surface area (Å²) in [4.78, 5) is 0. The Morgan fingerprint density at radius 1 is 1.18 bits per heavy atom. The smallest absolute Gasteiger partial charge is 0.171 e. The predicted octanol–water partition coefficient (Wildman–Crippen LogP) is 5.14. The van der Waals surface area contributed by atoms with Gasteiger partial charge in [-0.15, -0.1) is 0 Å². The molecule has 5 rings (SSSR count). The van der Waals surface area contributed by atoms with Gasteiger partial charge in [0.25, 0.3) is 0 Å². The highest BCUT2D eigenvalue weighted by Gasteiger charge is 2.60. The zero-order valence-electron chi connectivity index (χ0n) is 21.5. The second kappa shape index (κ2) is 9.37. The van der Waals surface area contributed by atoms with Crippen LogP contribution in [-0.4, -0.2) is 50.2 Å². The molecule has 0 spiro atoms. The molecule has 1 heterocycles. The molecule has 5 aliphatic rings. The minimum atomic E-state index is -0.956. The van der Waals surface area contributed by atoms with Crippen LogP contribution in [0.2, 0.25) is 0 Å². The summed E-state index contributed by atoms with van der Waals surface area (Å²) >= 11 is 0. The monoisotopic (exact) mass is 470 g/mol. The molecule has 0 aromatic carbocycles. The number of fused-ring (bicyclic) bond motifs is 4. The molecule has 1 aliphatic heterocycles. The number of allylic oxidation sites excluding steroid dienone is 3. The van der Waals surface area contributed by atoms with Gasteiger partial charge in [0.2, 0.25) is 0 Å². The first-order valence-corrected chi connectivity index (χ1v) is 13.3. The average Bonchev–Trinajstić information content (AvgIpc) is 3.13. The SMILES string of the molecule is COC1(OC)CCC2=C(C1)[C@H](C)C[C@@H]1C2=CC[C@@]2(C)[C@H]1CC[C@@]2(O)C#CCOC1CCCCO1. The van der Waals surface area contributed by atoms with E-state index >= 15 is 0 Å². The van der Waals surface area contributed by atoms with Gasteiger partial charge >= 0.3 is 0 Å². The second-order valence-electron chi connectivity index (χ2n) is 11.4. The van der Waals surface area contributed by atoms with Crippen LogP contribution < -0.4 is 0 Å². The Balaban J connectivity index is 1.35. The maximum Gasteiger partial charge on any atom is 0.171 e. The highest BCUT2D eigenvalue weighted by molar-refractivity contribution is 5.46. The summed E-state index contributed by atoms with van der Waals surface area (Å²) in [6, 6.07) is 0. The fourth-order valence-electron chi connectivity index (χ4n) is 7.65. The zero-order chi connectivity index (χ0) is 24.0. The maximum atomic E-state index is 11.8. The van der Waals surface area contributed by atoms with Crippen LogP contribution in [-0.2, 0) is 18.9 Å². The van der Waals surface area contributed by atoms with Gasteiger partial charge in [0.05, 0.1) is 0 Å². The minimum Gasteiger partial charge on any atom is -0.377 e. The molecular weight excluding hydrogens is 428 g/mol. The van der Waals surface area contributed by atoms with Crippen molar-refractivity contribution in [3.8, 4) is 11.8 Å². The summed E-state index contributed by atoms with van der Waals surface area (Å²) < 4.78 is 23.1. The van der Waals surface area contributed by atoms with Crippen LogP contribution in [0.4, 0.5) is 0 Å². The number of aliphatic hydroxyl groups is 1. The fraction of sp³-hybridized carbons (Fsp3) is 0.793. The largest absolute Gasteiger partial charge is 0.377 e. The van der Waals surface area contributed by atoms with E-state index < -0.39 is 11.4 Å². The zero-order valence-corrected chi connectivity index (χ0v) is 21.5. The molecule has 5 heteroatoms. The Kier molecular flexibility index (Phi) is 6.76. The van der Waals surface area contributed by atoms with Crippen LogP contribution in [0.5, 0.6) is 0 Å². The topological polar surface area (TPSA) is 57.2 Å². The van der Waals surface area contributed by atoms with Crippen molar-refractivity contribution in [2.75, 3.05) is 27.4 Å². The van der Waals surface area contributed by atoms with Crippen molar-refractivity contribution in [3.63, 3.8) is 0 Å². The minimum absolute atomic E-state index is 0.138. The second-order valence-corrected chi connectivity index (χ2v) is 11.4. The lowest BCUT2D eigenvalue weighted by Crippen LogP contribution is -2.49. The Bertz CT molecular complexity index is 899. The fourth-order valence-corrected chi connectivity index (χ4v) is 7.65. The number of methoxy groups -OCH3 is 2. The average molecular weight is 471 g/mol. The van der Waals surface area contributed by atoms with Crippen molar-refractivity contribution < 1.29 is 24.1 Å². The molecule has 4 aliphatic carbocycles. The van der Waals surface area contributed by atoms with Gasteiger partial charge in [0.15, 0.2) is 12.1 Å². The van der Waals surface area contributed by atoms with Crippen LogP contribution in [0, 0.1) is 35.0 Å². The molecule has 0 bridgehead atoms. The molecular formula is C29H42O5. The Morgan fingerprint density at radius 2 is 2.00 bits per heavy atom. The number of hydrogen-bond donors (Lipinski definition) is 1. The molecule has 1 saturated carbocycles. The van der Waals surface area contributed by atoms with E-state index in [-0.39, 0.29) is 11.7 Å². The Hall–Kier alpha value is -1.16. The van der Waals surface area contributed by atoms with E-state index in [1.807, 2.05) is 0 Å². The summed E-state index contributed by atoms with van der Waals surface area (Å²) in [5.74, 6) is 7.44. The van der Waals surface area contributed by atoms with E-state index in [1.165, 1.54) is 5.57 Å². The van der Waals surface area contributed by atoms with Crippen LogP contribution in [0.3, 0.4) is 0 Å². The van der Waals surface area contributed by atoms with Gasteiger partial charge in [-0.25, -0.2) is 0 Å². The molecule has 34 heavy (non-hydrogen) atoms. The van der Waals surface area contributed by atoms with Gasteiger partial charge in [-0.1, -0.05) is 37.3 Å². The van der Waals surface area contributed by atoms with Crippen LogP contribution in [0.1, 0.15) is 78.1 Å². The number of ether oxygens (including phenoxy) is 4. The third-order valence-electron chi connectivity index (χ3n) is 9.88. The first-order chi connectivity index (χ1) is 16.3. The molecule has 0 aromatic rings. The molecule has 1 N–H and O–H groups in total. The van der Waals surface area contributed by atoms with Gasteiger partial charge in [0, 0.05) is 39.1 Å². The third-order valence-corrected chi connectivity index (χ3v) is 9.88. The predicted molar refractivity (Wildman–Crippen MR) is 131 cm³/mol. The highest BCUT2D eigenvalue weighted by Crippen LogP contribution is 2.63. The van der Waals surface area contributed by atoms with E-state index in [2.05, 4.69) is 31.8 Å². The molecule has 0 aromatic heterocycles. The molecule has 188 valence electrons. The molecule has 0 radical (unpaired) electrons. The number of rotatable bonds is 4. The molecule has 1 saturated heterocycles. The van der Waals surface area contributed by atoms with Crippen LogP contribution in [0.25, 0.3) is 0 Å². The van der Waals surface area contributed by atoms with Gasteiger partial charge in [-0.05, 0) is 80.3 Å². The molecule has 0 amide bonds. The summed E-state index contributed by atoms with van der Waals surface area (Å²) in [5, 5.41) is 11.8. The van der Waals surface area contributed by atoms with E-state index in [4.69, 9.17) is 18.9 Å². The lowest BCUT2D eigenvalue weighted by atomic mass is 9.55. The molecule has 5 nitrogen and oxygen atoms in total. The van der Waals surface area contributed by atoms with Crippen molar-refractivity contribution in [1.82, 2.24) is 0 Å². The summed E-state index contributed by atoms with van der Waals surface area (Å²) in [5.41, 5.74) is 3.45. The van der Waals surface area contributed by atoms with E-state index in [0.29, 0.717) is 24.4 Å². The van der Waals surface area contributed by atoms with Gasteiger partial charge in [0.1, 0.15) is 12.2 Å². The van der Waals surface area contributed by atoms with Gasteiger partial charge < -0.3 is 24.1 Å². The lowest BCUT2D eigenvalue weighted by molar-refractivity contribution is -0.213. The molecule has 6 atom stereocenters. The van der Waals surface area contributed by atoms with Gasteiger partial charge in [-0.3, -0.25) is 0 Å². The van der Waals surface area contributed by atoms with Crippen LogP contribution >= 0.6 is 0 Å². The van der Waals surface area contributed by atoms with Crippen molar-refractivity contribution in [1.29, 1.82) is 0 Å². The van der Waals surface area contributed by atoms with Gasteiger partial charge in [-0.2, -0.15) is 0 Å². The number of hydrogen-bond acceptors (Lipinski definition) is 5. The standard InChI is InChI=1S/C29H42O5/c1-20-18-23-21(22-10-15-29(31-3,32-4)19-24(20)22)9-13-27(2)25(23)11-14-28(27,30)12-7-17-34-26-8-5-6-16-33-26/h9,20,23,25-26,30H,5-6,8,10-11,13-19H2,1-4H3/t20-,23-,25+,26?,27+,28+/m1/s1. The van der Waals surface area contributed by atoms with E-state index in [9.17, 15) is 5.11 Å². The molecule has 1 unspecified atom stereocenters. The Labute approximate surface area is 205 Å². The van der Waals surface area contributed by atoms with Crippen molar-refractivity contribution in [2.45, 2.75) is 95.7 Å². The third kappa shape index (κ3) is 4.00. The van der Waals surface area contributed by atoms with Crippen LogP contribution in [0.15, 0.2) is 22.8 Å². The maximum absolute atomic E-state index is 11.8. The first kappa shape index (κ1) is 24.5. The van der Waals surface area contributed by atoms with E-state index in [1.54, 1.807) is 25.4 Å². The summed E-state index contributed by atoms with van der Waals surface area (Å²) in [7, 11) is 3.54. The Morgan fingerprint density at radius 3 is 2.74 bits per heavy atom. The molecule has 2 fully saturated rings. The lowest BCUT2D eigenvalue weighted by Gasteiger charge is -2.51. The first-order valence-electron chi connectivity index (χ1n) is 13.3. The summed E-state index contributed by atoms with van der Waals surface area (Å²) in [6.45, 7) is 5.73. The quantitative estimate of drug-likeness (QED) is 0.456. The van der Waals surface area contributed by atoms with Crippen molar-refractivity contribution in [3.05, 3.63) is 22.8 Å². The highest BCUT2D eigenvalue weighted by atomic mass is 16.7. The van der Waals surface area contributed by atoms with Crippen molar-refractivity contribution in [2.24, 2.45) is 23.2 Å². The summed E-state index contributed by atoms with van der Waals surface area (Å²) in [6.07, 6.45) is 12.1.